The molecule has 0 aromatic heterocycles. The Morgan fingerprint density at radius 3 is 1.97 bits per heavy atom. The van der Waals surface area contributed by atoms with E-state index in [9.17, 15) is 10.1 Å². The third-order valence-electron chi connectivity index (χ3n) is 8.23. The van der Waals surface area contributed by atoms with Crippen molar-refractivity contribution in [2.45, 2.75) is 127 Å². The van der Waals surface area contributed by atoms with Crippen LogP contribution in [0.25, 0.3) is 0 Å². The molecule has 32 heavy (non-hydrogen) atoms. The molecule has 0 radical (unpaired) electrons. The fourth-order valence-electron chi connectivity index (χ4n) is 5.74. The molecule has 0 amide bonds. The van der Waals surface area contributed by atoms with E-state index < -0.39 is 39.9 Å². The Balaban J connectivity index is 2.64. The summed E-state index contributed by atoms with van der Waals surface area (Å²) in [7, 11) is -4.06. The van der Waals surface area contributed by atoms with Crippen molar-refractivity contribution in [1.29, 1.82) is 5.26 Å². The van der Waals surface area contributed by atoms with E-state index in [4.69, 9.17) is 18.3 Å². The van der Waals surface area contributed by atoms with E-state index in [2.05, 4.69) is 54.2 Å². The first kappa shape index (κ1) is 27.3. The third-order valence-corrected chi connectivity index (χ3v) is 17.5. The maximum atomic E-state index is 12.1. The van der Waals surface area contributed by atoms with E-state index in [0.29, 0.717) is 12.8 Å². The monoisotopic (exact) mass is 481 g/mol. The van der Waals surface area contributed by atoms with Gasteiger partial charge in [-0.2, -0.15) is 5.26 Å². The van der Waals surface area contributed by atoms with Crippen molar-refractivity contribution in [3.05, 3.63) is 12.7 Å². The SMILES string of the molecule is C=CC[C@@]12O[C@@H](C[C@]1(C#N)OC(C)=O)[C@H](O[Si](CC)(CC)CC)[C@@H]2O[Si](CC)(CC)CC. The zero-order chi connectivity index (χ0) is 24.2. The summed E-state index contributed by atoms with van der Waals surface area (Å²) in [6.07, 6.45) is 1.38. The second kappa shape index (κ2) is 10.5. The number of carbonyl (C=O) groups is 1. The van der Waals surface area contributed by atoms with Crippen molar-refractivity contribution in [3.63, 3.8) is 0 Å². The van der Waals surface area contributed by atoms with Crippen molar-refractivity contribution in [2.24, 2.45) is 0 Å². The Morgan fingerprint density at radius 2 is 1.56 bits per heavy atom. The highest BCUT2D eigenvalue weighted by Gasteiger charge is 2.76. The van der Waals surface area contributed by atoms with E-state index in [0.717, 1.165) is 36.3 Å². The fraction of sp³-hybridized carbons (Fsp3) is 0.833. The topological polar surface area (TPSA) is 77.8 Å². The Hall–Kier alpha value is -0.986. The highest BCUT2D eigenvalue weighted by molar-refractivity contribution is 6.74. The van der Waals surface area contributed by atoms with Crippen LogP contribution in [0, 0.1) is 11.3 Å². The summed E-state index contributed by atoms with van der Waals surface area (Å²) in [5.41, 5.74) is -2.50. The van der Waals surface area contributed by atoms with Crippen molar-refractivity contribution in [3.8, 4) is 6.07 Å². The minimum absolute atomic E-state index is 0.255. The lowest BCUT2D eigenvalue weighted by Gasteiger charge is -2.49. The molecule has 0 aromatic rings. The van der Waals surface area contributed by atoms with Gasteiger partial charge in [0.2, 0.25) is 5.60 Å². The van der Waals surface area contributed by atoms with Crippen LogP contribution in [-0.2, 0) is 23.1 Å². The Labute approximate surface area is 196 Å². The minimum atomic E-state index is -2.09. The zero-order valence-corrected chi connectivity index (χ0v) is 23.2. The van der Waals surface area contributed by atoms with E-state index in [1.54, 1.807) is 6.08 Å². The van der Waals surface area contributed by atoms with E-state index in [1.165, 1.54) is 6.92 Å². The van der Waals surface area contributed by atoms with Gasteiger partial charge in [0.15, 0.2) is 22.2 Å². The molecule has 2 heterocycles. The van der Waals surface area contributed by atoms with Gasteiger partial charge in [-0.25, -0.2) is 0 Å². The van der Waals surface area contributed by atoms with E-state index >= 15 is 0 Å². The lowest BCUT2D eigenvalue weighted by molar-refractivity contribution is -0.179. The van der Waals surface area contributed by atoms with Gasteiger partial charge in [-0.05, 0) is 36.3 Å². The molecule has 0 saturated carbocycles. The van der Waals surface area contributed by atoms with Gasteiger partial charge in [0.25, 0.3) is 0 Å². The lowest BCUT2D eigenvalue weighted by atomic mass is 9.70. The molecule has 6 nitrogen and oxygen atoms in total. The number of rotatable bonds is 13. The number of hydrogen-bond acceptors (Lipinski definition) is 6. The normalized spacial score (nSPS) is 32.0. The summed E-state index contributed by atoms with van der Waals surface area (Å²) >= 11 is 0. The highest BCUT2D eigenvalue weighted by Crippen LogP contribution is 2.57. The number of hydrogen-bond donors (Lipinski definition) is 0. The molecule has 0 aromatic carbocycles. The average Bonchev–Trinajstić information content (AvgIpc) is 3.25. The van der Waals surface area contributed by atoms with Gasteiger partial charge in [-0.3, -0.25) is 4.79 Å². The quantitative estimate of drug-likeness (QED) is 0.190. The number of ether oxygens (including phenoxy) is 2. The first-order chi connectivity index (χ1) is 15.2. The highest BCUT2D eigenvalue weighted by atomic mass is 28.4. The van der Waals surface area contributed by atoms with Crippen LogP contribution in [0.3, 0.4) is 0 Å². The summed E-state index contributed by atoms with van der Waals surface area (Å²) < 4.78 is 26.5. The van der Waals surface area contributed by atoms with Crippen LogP contribution < -0.4 is 0 Å². The Bertz CT molecular complexity index is 701. The second-order valence-electron chi connectivity index (χ2n) is 9.38. The zero-order valence-electron chi connectivity index (χ0n) is 21.2. The largest absolute Gasteiger partial charge is 0.440 e. The number of carbonyl (C=O) groups excluding carboxylic acids is 1. The van der Waals surface area contributed by atoms with Gasteiger partial charge in [-0.1, -0.05) is 47.6 Å². The van der Waals surface area contributed by atoms with Crippen LogP contribution in [0.2, 0.25) is 36.3 Å². The van der Waals surface area contributed by atoms with E-state index in [-0.39, 0.29) is 12.2 Å². The molecule has 2 aliphatic rings. The van der Waals surface area contributed by atoms with Crippen LogP contribution in [0.4, 0.5) is 0 Å². The average molecular weight is 482 g/mol. The van der Waals surface area contributed by atoms with Crippen LogP contribution in [0.1, 0.15) is 61.3 Å². The molecule has 8 heteroatoms. The molecule has 2 saturated heterocycles. The van der Waals surface area contributed by atoms with Crippen molar-refractivity contribution < 1.29 is 23.1 Å². The van der Waals surface area contributed by atoms with Crippen molar-refractivity contribution >= 4 is 22.6 Å². The van der Waals surface area contributed by atoms with Gasteiger partial charge in [0, 0.05) is 19.8 Å². The van der Waals surface area contributed by atoms with Crippen LogP contribution in [0.5, 0.6) is 0 Å². The maximum absolute atomic E-state index is 12.1. The molecular weight excluding hydrogens is 438 g/mol. The first-order valence-corrected chi connectivity index (χ1v) is 17.5. The van der Waals surface area contributed by atoms with E-state index in [1.807, 2.05) is 0 Å². The van der Waals surface area contributed by atoms with Crippen molar-refractivity contribution in [1.82, 2.24) is 0 Å². The molecule has 0 N–H and O–H groups in total. The number of nitriles is 1. The molecule has 0 aliphatic carbocycles. The molecule has 2 bridgehead atoms. The van der Waals surface area contributed by atoms with Crippen LogP contribution >= 0.6 is 0 Å². The molecular formula is C24H43NO5Si2. The summed E-state index contributed by atoms with van der Waals surface area (Å²) in [5.74, 6) is -0.480. The molecule has 2 aliphatic heterocycles. The van der Waals surface area contributed by atoms with Gasteiger partial charge in [0.05, 0.1) is 12.2 Å². The molecule has 182 valence electrons. The minimum Gasteiger partial charge on any atom is -0.440 e. The number of nitrogens with zero attached hydrogens (tertiary/aromatic N) is 1. The molecule has 2 rings (SSSR count). The standard InChI is InChI=1S/C24H43NO5Si2/c1-9-16-24-22(30-32(13-5,14-6)15-7)21(29-31(10-2,11-3)12-4)20(28-24)17-23(24,18-25)27-19(8)26/h9,20-22H,1,10-17H2,2-8H3/t20-,21-,22-,23+,24-/m0/s1. The van der Waals surface area contributed by atoms with Crippen LogP contribution in [0.15, 0.2) is 12.7 Å². The summed E-state index contributed by atoms with van der Waals surface area (Å²) in [6.45, 7) is 18.5. The van der Waals surface area contributed by atoms with Gasteiger partial charge in [0.1, 0.15) is 12.2 Å². The smallest absolute Gasteiger partial charge is 0.304 e. The number of fused-ring (bicyclic) bond motifs is 2. The fourth-order valence-corrected chi connectivity index (χ4v) is 11.5. The number of esters is 1. The predicted molar refractivity (Wildman–Crippen MR) is 131 cm³/mol. The van der Waals surface area contributed by atoms with Gasteiger partial charge < -0.3 is 18.3 Å². The lowest BCUT2D eigenvalue weighted by Crippen LogP contribution is -2.67. The summed E-state index contributed by atoms with van der Waals surface area (Å²) in [4.78, 5) is 12.1. The third kappa shape index (κ3) is 4.39. The Kier molecular flexibility index (Phi) is 8.96. The van der Waals surface area contributed by atoms with Gasteiger partial charge >= 0.3 is 5.97 Å². The molecule has 5 atom stereocenters. The molecule has 0 unspecified atom stereocenters. The summed E-state index contributed by atoms with van der Waals surface area (Å²) in [6, 6.07) is 8.33. The first-order valence-electron chi connectivity index (χ1n) is 12.4. The van der Waals surface area contributed by atoms with Crippen molar-refractivity contribution in [2.75, 3.05) is 0 Å². The summed E-state index contributed by atoms with van der Waals surface area (Å²) in [5, 5.41) is 10.3. The maximum Gasteiger partial charge on any atom is 0.304 e. The molecule has 0 spiro atoms. The predicted octanol–water partition coefficient (Wildman–Crippen LogP) is 5.71. The second-order valence-corrected chi connectivity index (χ2v) is 18.8. The van der Waals surface area contributed by atoms with Crippen LogP contribution in [-0.4, -0.2) is 52.1 Å². The molecule has 2 fully saturated rings. The Morgan fingerprint density at radius 1 is 1.06 bits per heavy atom. The van der Waals surface area contributed by atoms with Gasteiger partial charge in [-0.15, -0.1) is 6.58 Å².